The summed E-state index contributed by atoms with van der Waals surface area (Å²) in [5, 5.41) is 13.2. The molecule has 0 spiro atoms. The van der Waals surface area contributed by atoms with Crippen LogP contribution in [-0.2, 0) is 0 Å². The van der Waals surface area contributed by atoms with E-state index in [-0.39, 0.29) is 6.04 Å². The second-order valence-electron chi connectivity index (χ2n) is 7.37. The van der Waals surface area contributed by atoms with Crippen LogP contribution in [-0.4, -0.2) is 37.1 Å². The first kappa shape index (κ1) is 12.2. The monoisotopic (exact) mass is 259 g/mol. The molecule has 0 aromatic carbocycles. The van der Waals surface area contributed by atoms with Crippen LogP contribution in [0, 0.1) is 40.9 Å². The van der Waals surface area contributed by atoms with E-state index in [1.807, 2.05) is 0 Å². The molecule has 1 heterocycles. The average Bonchev–Trinajstić information content (AvgIpc) is 2.43. The highest BCUT2D eigenvalue weighted by Gasteiger charge is 2.51. The first-order valence-corrected chi connectivity index (χ1v) is 8.19. The molecule has 0 radical (unpaired) electrons. The van der Waals surface area contributed by atoms with Gasteiger partial charge < -0.3 is 5.32 Å². The van der Waals surface area contributed by atoms with Gasteiger partial charge in [0.2, 0.25) is 0 Å². The van der Waals surface area contributed by atoms with Crippen LogP contribution in [0.25, 0.3) is 0 Å². The van der Waals surface area contributed by atoms with E-state index in [1.54, 1.807) is 0 Å². The molecule has 1 unspecified atom stereocenters. The van der Waals surface area contributed by atoms with E-state index in [1.165, 1.54) is 32.1 Å². The minimum Gasteiger partial charge on any atom is -0.314 e. The van der Waals surface area contributed by atoms with E-state index >= 15 is 0 Å². The molecule has 3 heteroatoms. The number of nitriles is 1. The standard InChI is InChI=1S/C16H25N3/c17-10-15(19-3-1-18-2-4-19)16-13-6-11-5-12(8-13)9-14(16)7-11/h11-16,18H,1-9H2. The smallest absolute Gasteiger partial charge is 0.101 e. The predicted octanol–water partition coefficient (Wildman–Crippen LogP) is 1.86. The minimum absolute atomic E-state index is 0.206. The molecule has 4 saturated carbocycles. The summed E-state index contributed by atoms with van der Waals surface area (Å²) < 4.78 is 0. The van der Waals surface area contributed by atoms with Crippen LogP contribution in [0.4, 0.5) is 0 Å². The Morgan fingerprint density at radius 3 is 2.05 bits per heavy atom. The lowest BCUT2D eigenvalue weighted by molar-refractivity contribution is -0.0639. The molecule has 5 rings (SSSR count). The van der Waals surface area contributed by atoms with Gasteiger partial charge in [-0.25, -0.2) is 0 Å². The number of nitrogens with zero attached hydrogens (tertiary/aromatic N) is 2. The summed E-state index contributed by atoms with van der Waals surface area (Å²) in [7, 11) is 0. The van der Waals surface area contributed by atoms with Crippen molar-refractivity contribution >= 4 is 0 Å². The Morgan fingerprint density at radius 2 is 1.53 bits per heavy atom. The third-order valence-electron chi connectivity index (χ3n) is 6.34. The SMILES string of the molecule is N#CC(C1C2CC3CC(C2)CC1C3)N1CCNCC1. The largest absolute Gasteiger partial charge is 0.314 e. The molecule has 0 aromatic heterocycles. The van der Waals surface area contributed by atoms with Crippen molar-refractivity contribution < 1.29 is 0 Å². The topological polar surface area (TPSA) is 39.1 Å². The summed E-state index contributed by atoms with van der Waals surface area (Å²) in [6.45, 7) is 4.26. The molecule has 19 heavy (non-hydrogen) atoms. The number of piperazine rings is 1. The third kappa shape index (κ3) is 2.00. The summed E-state index contributed by atoms with van der Waals surface area (Å²) in [6, 6.07) is 2.90. The van der Waals surface area contributed by atoms with E-state index in [0.717, 1.165) is 49.9 Å². The van der Waals surface area contributed by atoms with Crippen molar-refractivity contribution in [1.82, 2.24) is 10.2 Å². The minimum atomic E-state index is 0.206. The molecule has 5 aliphatic rings. The van der Waals surface area contributed by atoms with Gasteiger partial charge >= 0.3 is 0 Å². The van der Waals surface area contributed by atoms with E-state index in [0.29, 0.717) is 5.92 Å². The number of nitrogens with one attached hydrogen (secondary N) is 1. The summed E-state index contributed by atoms with van der Waals surface area (Å²) in [6.07, 6.45) is 7.23. The number of hydrogen-bond donors (Lipinski definition) is 1. The average molecular weight is 259 g/mol. The molecule has 104 valence electrons. The molecule has 3 nitrogen and oxygen atoms in total. The molecule has 1 atom stereocenters. The van der Waals surface area contributed by atoms with Crippen molar-refractivity contribution in [3.8, 4) is 6.07 Å². The van der Waals surface area contributed by atoms with Crippen molar-refractivity contribution in [1.29, 1.82) is 5.26 Å². The lowest BCUT2D eigenvalue weighted by Gasteiger charge is -2.56. The molecular weight excluding hydrogens is 234 g/mol. The second kappa shape index (κ2) is 4.75. The lowest BCUT2D eigenvalue weighted by Crippen LogP contribution is -2.57. The molecule has 0 amide bonds. The van der Waals surface area contributed by atoms with E-state index in [4.69, 9.17) is 0 Å². The van der Waals surface area contributed by atoms with Gasteiger partial charge in [-0.15, -0.1) is 0 Å². The second-order valence-corrected chi connectivity index (χ2v) is 7.37. The summed E-state index contributed by atoms with van der Waals surface area (Å²) in [5.41, 5.74) is 0. The highest BCUT2D eigenvalue weighted by molar-refractivity contribution is 5.08. The molecule has 1 aliphatic heterocycles. The molecular formula is C16H25N3. The molecule has 1 saturated heterocycles. The van der Waals surface area contributed by atoms with Crippen molar-refractivity contribution in [2.24, 2.45) is 29.6 Å². The lowest BCUT2D eigenvalue weighted by atomic mass is 9.50. The Labute approximate surface area is 116 Å². The highest BCUT2D eigenvalue weighted by Crippen LogP contribution is 2.57. The van der Waals surface area contributed by atoms with E-state index in [2.05, 4.69) is 16.3 Å². The fourth-order valence-corrected chi connectivity index (χ4v) is 5.85. The van der Waals surface area contributed by atoms with Gasteiger partial charge in [0.05, 0.1) is 6.07 Å². The van der Waals surface area contributed by atoms with Crippen molar-refractivity contribution in [3.63, 3.8) is 0 Å². The van der Waals surface area contributed by atoms with Crippen molar-refractivity contribution in [2.45, 2.75) is 38.1 Å². The van der Waals surface area contributed by atoms with Gasteiger partial charge in [0.1, 0.15) is 6.04 Å². The zero-order chi connectivity index (χ0) is 12.8. The van der Waals surface area contributed by atoms with Crippen LogP contribution in [0.15, 0.2) is 0 Å². The summed E-state index contributed by atoms with van der Waals surface area (Å²) in [4.78, 5) is 2.48. The fourth-order valence-electron chi connectivity index (χ4n) is 5.85. The van der Waals surface area contributed by atoms with E-state index < -0.39 is 0 Å². The van der Waals surface area contributed by atoms with Gasteiger partial charge in [0, 0.05) is 26.2 Å². The first-order valence-electron chi connectivity index (χ1n) is 8.19. The number of rotatable bonds is 2. The van der Waals surface area contributed by atoms with Gasteiger partial charge in [0.25, 0.3) is 0 Å². The molecule has 5 fully saturated rings. The maximum atomic E-state index is 9.75. The van der Waals surface area contributed by atoms with Crippen molar-refractivity contribution in [2.75, 3.05) is 26.2 Å². The van der Waals surface area contributed by atoms with Crippen LogP contribution in [0.1, 0.15) is 32.1 Å². The summed E-state index contributed by atoms with van der Waals surface area (Å²) >= 11 is 0. The van der Waals surface area contributed by atoms with E-state index in [9.17, 15) is 5.26 Å². The Kier molecular flexibility index (Phi) is 3.04. The quantitative estimate of drug-likeness (QED) is 0.822. The van der Waals surface area contributed by atoms with Gasteiger partial charge in [-0.1, -0.05) is 0 Å². The molecule has 0 aromatic rings. The predicted molar refractivity (Wildman–Crippen MR) is 74.4 cm³/mol. The van der Waals surface area contributed by atoms with Crippen LogP contribution >= 0.6 is 0 Å². The highest BCUT2D eigenvalue weighted by atomic mass is 15.2. The zero-order valence-electron chi connectivity index (χ0n) is 11.7. The molecule has 1 N–H and O–H groups in total. The normalized spacial score (nSPS) is 47.0. The van der Waals surface area contributed by atoms with Crippen LogP contribution < -0.4 is 5.32 Å². The Bertz CT molecular complexity index is 352. The van der Waals surface area contributed by atoms with Crippen LogP contribution in [0.2, 0.25) is 0 Å². The van der Waals surface area contributed by atoms with Crippen LogP contribution in [0.5, 0.6) is 0 Å². The third-order valence-corrected chi connectivity index (χ3v) is 6.34. The fraction of sp³-hybridized carbons (Fsp3) is 0.938. The number of hydrogen-bond acceptors (Lipinski definition) is 3. The van der Waals surface area contributed by atoms with Gasteiger partial charge in [0.15, 0.2) is 0 Å². The molecule has 4 bridgehead atoms. The summed E-state index contributed by atoms with van der Waals surface area (Å²) in [5.74, 6) is 4.46. The molecule has 4 aliphatic carbocycles. The van der Waals surface area contributed by atoms with Gasteiger partial charge in [-0.3, -0.25) is 4.90 Å². The van der Waals surface area contributed by atoms with Crippen LogP contribution in [0.3, 0.4) is 0 Å². The Hall–Kier alpha value is -0.590. The zero-order valence-corrected chi connectivity index (χ0v) is 11.7. The maximum Gasteiger partial charge on any atom is 0.101 e. The maximum absolute atomic E-state index is 9.75. The first-order chi connectivity index (χ1) is 9.35. The van der Waals surface area contributed by atoms with Crippen molar-refractivity contribution in [3.05, 3.63) is 0 Å². The Morgan fingerprint density at radius 1 is 0.947 bits per heavy atom. The van der Waals surface area contributed by atoms with Gasteiger partial charge in [-0.2, -0.15) is 5.26 Å². The Balaban J connectivity index is 1.55. The van der Waals surface area contributed by atoms with Gasteiger partial charge in [-0.05, 0) is 61.7 Å².